The highest BCUT2D eigenvalue weighted by atomic mass is 16.2. The molecule has 1 aromatic carbocycles. The van der Waals surface area contributed by atoms with Crippen LogP contribution >= 0.6 is 0 Å². The molecular weight excluding hydrogens is 274 g/mol. The molecule has 0 fully saturated rings. The molecule has 0 aliphatic heterocycles. The van der Waals surface area contributed by atoms with Gasteiger partial charge in [0.15, 0.2) is 0 Å². The van der Waals surface area contributed by atoms with Crippen molar-refractivity contribution in [3.8, 4) is 0 Å². The predicted octanol–water partition coefficient (Wildman–Crippen LogP) is 3.48. The molecule has 0 bridgehead atoms. The fourth-order valence-corrected chi connectivity index (χ4v) is 2.83. The Morgan fingerprint density at radius 2 is 2.00 bits per heavy atom. The Kier molecular flexibility index (Phi) is 5.75. The summed E-state index contributed by atoms with van der Waals surface area (Å²) < 4.78 is 0. The number of anilines is 1. The average molecular weight is 299 g/mol. The summed E-state index contributed by atoms with van der Waals surface area (Å²) in [5.41, 5.74) is 7.17. The number of hydrazone groups is 1. The van der Waals surface area contributed by atoms with Crippen molar-refractivity contribution in [2.24, 2.45) is 11.0 Å². The van der Waals surface area contributed by atoms with Gasteiger partial charge in [0.05, 0.1) is 6.54 Å². The first kappa shape index (κ1) is 16.3. The Morgan fingerprint density at radius 1 is 1.27 bits per heavy atom. The molecule has 4 nitrogen and oxygen atoms in total. The zero-order chi connectivity index (χ0) is 15.9. The van der Waals surface area contributed by atoms with E-state index in [0.29, 0.717) is 5.92 Å². The molecule has 2 N–H and O–H groups in total. The summed E-state index contributed by atoms with van der Waals surface area (Å²) in [5.74, 6) is 0.321. The smallest absolute Gasteiger partial charge is 0.259 e. The number of amides is 1. The van der Waals surface area contributed by atoms with E-state index in [1.807, 2.05) is 6.21 Å². The molecule has 1 atom stereocenters. The van der Waals surface area contributed by atoms with E-state index in [1.165, 1.54) is 5.56 Å². The first-order chi connectivity index (χ1) is 10.6. The van der Waals surface area contributed by atoms with Gasteiger partial charge in [0.25, 0.3) is 5.91 Å². The Hall–Kier alpha value is -2.10. The standard InChI is InChI=1S/C18H25N3O/c1-13-9-14(2)18(15(3)10-13)19-12-17(22)21-20-11-16-7-5-4-6-8-16/h4-5,9-11,16,19H,6-8,12H2,1-3H3,(H,21,22)/b20-11-/t16-/m0/s1. The number of hydrogen-bond donors (Lipinski definition) is 2. The maximum atomic E-state index is 11.8. The number of allylic oxidation sites excluding steroid dienone is 2. The molecule has 2 rings (SSSR count). The van der Waals surface area contributed by atoms with Crippen LogP contribution in [0.15, 0.2) is 29.4 Å². The van der Waals surface area contributed by atoms with E-state index in [9.17, 15) is 4.79 Å². The molecule has 1 aliphatic rings. The van der Waals surface area contributed by atoms with Gasteiger partial charge in [0.2, 0.25) is 0 Å². The molecule has 0 aromatic heterocycles. The lowest BCUT2D eigenvalue weighted by Crippen LogP contribution is -2.26. The van der Waals surface area contributed by atoms with E-state index in [0.717, 1.165) is 36.1 Å². The second kappa shape index (κ2) is 7.78. The maximum Gasteiger partial charge on any atom is 0.259 e. The fraction of sp³-hybridized carbons (Fsp3) is 0.444. The van der Waals surface area contributed by atoms with Crippen molar-refractivity contribution in [3.05, 3.63) is 41.0 Å². The van der Waals surface area contributed by atoms with Crippen molar-refractivity contribution in [2.45, 2.75) is 40.0 Å². The Labute approximate surface area is 132 Å². The molecule has 0 heterocycles. The largest absolute Gasteiger partial charge is 0.376 e. The van der Waals surface area contributed by atoms with Gasteiger partial charge in [-0.1, -0.05) is 29.8 Å². The van der Waals surface area contributed by atoms with Crippen LogP contribution in [0.3, 0.4) is 0 Å². The van der Waals surface area contributed by atoms with E-state index in [2.05, 4.69) is 60.9 Å². The minimum atomic E-state index is -0.123. The molecule has 0 radical (unpaired) electrons. The van der Waals surface area contributed by atoms with Gasteiger partial charge in [-0.2, -0.15) is 5.10 Å². The Balaban J connectivity index is 1.80. The highest BCUT2D eigenvalue weighted by Crippen LogP contribution is 2.21. The van der Waals surface area contributed by atoms with E-state index < -0.39 is 0 Å². The van der Waals surface area contributed by atoms with Crippen LogP contribution in [-0.4, -0.2) is 18.7 Å². The molecule has 0 unspecified atom stereocenters. The number of aryl methyl sites for hydroxylation is 3. The summed E-state index contributed by atoms with van der Waals surface area (Å²) >= 11 is 0. The number of nitrogens with zero attached hydrogens (tertiary/aromatic N) is 1. The van der Waals surface area contributed by atoms with Crippen molar-refractivity contribution in [2.75, 3.05) is 11.9 Å². The van der Waals surface area contributed by atoms with Crippen LogP contribution in [0.1, 0.15) is 36.0 Å². The fourth-order valence-electron chi connectivity index (χ4n) is 2.83. The van der Waals surface area contributed by atoms with Crippen molar-refractivity contribution in [1.82, 2.24) is 5.43 Å². The third-order valence-corrected chi connectivity index (χ3v) is 3.89. The lowest BCUT2D eigenvalue weighted by Gasteiger charge is -2.13. The molecule has 1 aliphatic carbocycles. The summed E-state index contributed by atoms with van der Waals surface area (Å²) in [5, 5.41) is 7.27. The van der Waals surface area contributed by atoms with Crippen molar-refractivity contribution >= 4 is 17.8 Å². The predicted molar refractivity (Wildman–Crippen MR) is 92.3 cm³/mol. The van der Waals surface area contributed by atoms with Crippen molar-refractivity contribution in [1.29, 1.82) is 0 Å². The molecule has 1 amide bonds. The topological polar surface area (TPSA) is 53.5 Å². The maximum absolute atomic E-state index is 11.8. The van der Waals surface area contributed by atoms with Crippen LogP contribution in [0, 0.1) is 26.7 Å². The monoisotopic (exact) mass is 299 g/mol. The van der Waals surface area contributed by atoms with Crippen molar-refractivity contribution in [3.63, 3.8) is 0 Å². The minimum Gasteiger partial charge on any atom is -0.376 e. The van der Waals surface area contributed by atoms with Gasteiger partial charge in [-0.25, -0.2) is 5.43 Å². The molecule has 1 aromatic rings. The summed E-state index contributed by atoms with van der Waals surface area (Å²) in [6.07, 6.45) is 9.43. The summed E-state index contributed by atoms with van der Waals surface area (Å²) in [4.78, 5) is 11.8. The first-order valence-electron chi connectivity index (χ1n) is 7.85. The summed E-state index contributed by atoms with van der Waals surface area (Å²) in [7, 11) is 0. The quantitative estimate of drug-likeness (QED) is 0.497. The van der Waals surface area contributed by atoms with Gasteiger partial charge in [-0.15, -0.1) is 0 Å². The third-order valence-electron chi connectivity index (χ3n) is 3.89. The molecular formula is C18H25N3O. The molecule has 0 saturated carbocycles. The van der Waals surface area contributed by atoms with Crippen LogP contribution in [0.4, 0.5) is 5.69 Å². The number of hydrogen-bond acceptors (Lipinski definition) is 3. The Morgan fingerprint density at radius 3 is 2.64 bits per heavy atom. The summed E-state index contributed by atoms with van der Waals surface area (Å²) in [6.45, 7) is 6.41. The first-order valence-corrected chi connectivity index (χ1v) is 7.85. The van der Waals surface area contributed by atoms with Crippen LogP contribution in [-0.2, 0) is 4.79 Å². The zero-order valence-electron chi connectivity index (χ0n) is 13.6. The number of benzene rings is 1. The second-order valence-electron chi connectivity index (χ2n) is 5.98. The van der Waals surface area contributed by atoms with Gasteiger partial charge in [-0.05, 0) is 57.1 Å². The van der Waals surface area contributed by atoms with Gasteiger partial charge in [-0.3, -0.25) is 4.79 Å². The number of rotatable bonds is 5. The van der Waals surface area contributed by atoms with E-state index in [4.69, 9.17) is 0 Å². The molecule has 0 spiro atoms. The molecule has 22 heavy (non-hydrogen) atoms. The molecule has 4 heteroatoms. The number of nitrogens with one attached hydrogen (secondary N) is 2. The highest BCUT2D eigenvalue weighted by Gasteiger charge is 2.08. The van der Waals surface area contributed by atoms with Gasteiger partial charge < -0.3 is 5.32 Å². The van der Waals surface area contributed by atoms with Crippen LogP contribution < -0.4 is 10.7 Å². The zero-order valence-corrected chi connectivity index (χ0v) is 13.6. The molecule has 118 valence electrons. The number of carbonyl (C=O) groups is 1. The minimum absolute atomic E-state index is 0.123. The van der Waals surface area contributed by atoms with Gasteiger partial charge >= 0.3 is 0 Å². The Bertz CT molecular complexity index is 567. The van der Waals surface area contributed by atoms with Crippen LogP contribution in [0.5, 0.6) is 0 Å². The SMILES string of the molecule is Cc1cc(C)c(NCC(=O)N/N=C\[C@H]2CC=CCC2)c(C)c1. The average Bonchev–Trinajstić information content (AvgIpc) is 2.47. The van der Waals surface area contributed by atoms with E-state index >= 15 is 0 Å². The second-order valence-corrected chi connectivity index (χ2v) is 5.98. The van der Waals surface area contributed by atoms with Crippen LogP contribution in [0.25, 0.3) is 0 Å². The number of carbonyl (C=O) groups excluding carboxylic acids is 1. The van der Waals surface area contributed by atoms with E-state index in [-0.39, 0.29) is 12.5 Å². The normalized spacial score (nSPS) is 17.7. The van der Waals surface area contributed by atoms with Gasteiger partial charge in [0.1, 0.15) is 0 Å². The lowest BCUT2D eigenvalue weighted by molar-refractivity contribution is -0.119. The van der Waals surface area contributed by atoms with Crippen molar-refractivity contribution < 1.29 is 4.79 Å². The van der Waals surface area contributed by atoms with Crippen LogP contribution in [0.2, 0.25) is 0 Å². The lowest BCUT2D eigenvalue weighted by atomic mass is 9.96. The summed E-state index contributed by atoms with van der Waals surface area (Å²) in [6, 6.07) is 4.23. The van der Waals surface area contributed by atoms with Gasteiger partial charge in [0, 0.05) is 11.9 Å². The van der Waals surface area contributed by atoms with E-state index in [1.54, 1.807) is 0 Å². The third kappa shape index (κ3) is 4.72. The molecule has 0 saturated heterocycles. The highest BCUT2D eigenvalue weighted by molar-refractivity contribution is 5.82.